The van der Waals surface area contributed by atoms with Gasteiger partial charge in [0.1, 0.15) is 17.1 Å². The standard InChI is InChI=1S/C16H22ClN3O/c1-19-8-4-5-12(10-19)11-20-13-6-3-7-14(21-2)16(13)18-15(20)9-17/h3,6-7,12H,4-5,8-11H2,1-2H3. The number of para-hydroxylation sites is 1. The lowest BCUT2D eigenvalue weighted by molar-refractivity contribution is 0.195. The van der Waals surface area contributed by atoms with Gasteiger partial charge in [0.15, 0.2) is 0 Å². The Morgan fingerprint density at radius 2 is 2.29 bits per heavy atom. The van der Waals surface area contributed by atoms with Gasteiger partial charge in [0, 0.05) is 13.1 Å². The van der Waals surface area contributed by atoms with E-state index in [4.69, 9.17) is 16.3 Å². The number of benzene rings is 1. The summed E-state index contributed by atoms with van der Waals surface area (Å²) in [6, 6.07) is 6.07. The minimum absolute atomic E-state index is 0.431. The van der Waals surface area contributed by atoms with Crippen LogP contribution in [-0.4, -0.2) is 41.7 Å². The number of rotatable bonds is 4. The van der Waals surface area contributed by atoms with E-state index in [0.29, 0.717) is 11.8 Å². The Bertz CT molecular complexity index is 625. The number of piperidine rings is 1. The van der Waals surface area contributed by atoms with E-state index in [9.17, 15) is 0 Å². The number of alkyl halides is 1. The van der Waals surface area contributed by atoms with Crippen molar-refractivity contribution in [1.29, 1.82) is 0 Å². The van der Waals surface area contributed by atoms with Crippen LogP contribution in [0.15, 0.2) is 18.2 Å². The number of hydrogen-bond donors (Lipinski definition) is 0. The number of likely N-dealkylation sites (tertiary alicyclic amines) is 1. The van der Waals surface area contributed by atoms with E-state index in [2.05, 4.69) is 27.6 Å². The molecule has 4 nitrogen and oxygen atoms in total. The molecule has 0 radical (unpaired) electrons. The molecule has 2 aromatic rings. The molecule has 21 heavy (non-hydrogen) atoms. The topological polar surface area (TPSA) is 30.3 Å². The van der Waals surface area contributed by atoms with Crippen molar-refractivity contribution in [2.45, 2.75) is 25.3 Å². The van der Waals surface area contributed by atoms with Crippen LogP contribution in [0, 0.1) is 5.92 Å². The normalized spacial score (nSPS) is 20.0. The minimum Gasteiger partial charge on any atom is -0.494 e. The third-order valence-electron chi connectivity index (χ3n) is 4.32. The number of hydrogen-bond acceptors (Lipinski definition) is 3. The number of methoxy groups -OCH3 is 1. The fourth-order valence-corrected chi connectivity index (χ4v) is 3.52. The van der Waals surface area contributed by atoms with Crippen molar-refractivity contribution in [3.05, 3.63) is 24.0 Å². The van der Waals surface area contributed by atoms with Gasteiger partial charge in [-0.1, -0.05) is 6.07 Å². The average molecular weight is 308 g/mol. The Kier molecular flexibility index (Phi) is 4.36. The predicted molar refractivity (Wildman–Crippen MR) is 86.1 cm³/mol. The molecule has 0 spiro atoms. The van der Waals surface area contributed by atoms with Gasteiger partial charge < -0.3 is 14.2 Å². The van der Waals surface area contributed by atoms with Crippen LogP contribution in [0.3, 0.4) is 0 Å². The molecule has 0 amide bonds. The first-order valence-electron chi connectivity index (χ1n) is 7.49. The Morgan fingerprint density at radius 3 is 3.00 bits per heavy atom. The summed E-state index contributed by atoms with van der Waals surface area (Å²) < 4.78 is 7.69. The van der Waals surface area contributed by atoms with Crippen LogP contribution in [0.1, 0.15) is 18.7 Å². The fraction of sp³-hybridized carbons (Fsp3) is 0.562. The summed E-state index contributed by atoms with van der Waals surface area (Å²) in [5, 5.41) is 0. The van der Waals surface area contributed by atoms with Crippen LogP contribution in [0.4, 0.5) is 0 Å². The molecule has 0 saturated carbocycles. The highest BCUT2D eigenvalue weighted by Crippen LogP contribution is 2.28. The molecule has 1 aliphatic heterocycles. The third kappa shape index (κ3) is 2.87. The largest absolute Gasteiger partial charge is 0.494 e. The molecule has 1 aromatic carbocycles. The highest BCUT2D eigenvalue weighted by Gasteiger charge is 2.21. The van der Waals surface area contributed by atoms with E-state index in [1.54, 1.807) is 7.11 Å². The molecular weight excluding hydrogens is 286 g/mol. The van der Waals surface area contributed by atoms with Crippen LogP contribution in [0.25, 0.3) is 11.0 Å². The molecule has 1 saturated heterocycles. The maximum atomic E-state index is 6.11. The first kappa shape index (κ1) is 14.7. The van der Waals surface area contributed by atoms with Gasteiger partial charge >= 0.3 is 0 Å². The van der Waals surface area contributed by atoms with Gasteiger partial charge in [0.05, 0.1) is 18.5 Å². The Hall–Kier alpha value is -1.26. The van der Waals surface area contributed by atoms with Gasteiger partial charge in [0.2, 0.25) is 0 Å². The summed E-state index contributed by atoms with van der Waals surface area (Å²) in [4.78, 5) is 7.09. The lowest BCUT2D eigenvalue weighted by atomic mass is 9.98. The summed E-state index contributed by atoms with van der Waals surface area (Å²) in [5.74, 6) is 2.84. The number of fused-ring (bicyclic) bond motifs is 1. The highest BCUT2D eigenvalue weighted by molar-refractivity contribution is 6.16. The van der Waals surface area contributed by atoms with Crippen LogP contribution in [-0.2, 0) is 12.4 Å². The molecule has 3 rings (SSSR count). The maximum absolute atomic E-state index is 6.11. The molecule has 0 N–H and O–H groups in total. The molecule has 1 atom stereocenters. The Balaban J connectivity index is 1.96. The van der Waals surface area contributed by atoms with Gasteiger partial charge in [-0.3, -0.25) is 0 Å². The van der Waals surface area contributed by atoms with E-state index in [-0.39, 0.29) is 0 Å². The molecule has 2 heterocycles. The van der Waals surface area contributed by atoms with E-state index in [0.717, 1.165) is 35.7 Å². The number of halogens is 1. The lowest BCUT2D eigenvalue weighted by Gasteiger charge is -2.30. The van der Waals surface area contributed by atoms with Crippen LogP contribution < -0.4 is 4.74 Å². The molecule has 1 aromatic heterocycles. The zero-order chi connectivity index (χ0) is 14.8. The molecule has 1 aliphatic rings. The van der Waals surface area contributed by atoms with Gasteiger partial charge in [0.25, 0.3) is 0 Å². The maximum Gasteiger partial charge on any atom is 0.146 e. The van der Waals surface area contributed by atoms with Crippen molar-refractivity contribution < 1.29 is 4.74 Å². The summed E-state index contributed by atoms with van der Waals surface area (Å²) in [6.07, 6.45) is 2.54. The molecule has 0 aliphatic carbocycles. The zero-order valence-corrected chi connectivity index (χ0v) is 13.4. The predicted octanol–water partition coefficient (Wildman–Crippen LogP) is 3.13. The van der Waals surface area contributed by atoms with Crippen molar-refractivity contribution >= 4 is 22.6 Å². The SMILES string of the molecule is COc1cccc2c1nc(CCl)n2CC1CCCN(C)C1. The van der Waals surface area contributed by atoms with E-state index in [1.165, 1.54) is 19.4 Å². The van der Waals surface area contributed by atoms with Crippen LogP contribution in [0.2, 0.25) is 0 Å². The molecule has 1 fully saturated rings. The fourth-order valence-electron chi connectivity index (χ4n) is 3.32. The third-order valence-corrected chi connectivity index (χ3v) is 4.56. The summed E-state index contributed by atoms with van der Waals surface area (Å²) in [7, 11) is 3.88. The number of nitrogens with zero attached hydrogens (tertiary/aromatic N) is 3. The Morgan fingerprint density at radius 1 is 1.43 bits per heavy atom. The first-order valence-corrected chi connectivity index (χ1v) is 8.03. The van der Waals surface area contributed by atoms with E-state index >= 15 is 0 Å². The van der Waals surface area contributed by atoms with Crippen molar-refractivity contribution in [3.63, 3.8) is 0 Å². The first-order chi connectivity index (χ1) is 10.2. The molecular formula is C16H22ClN3O. The lowest BCUT2D eigenvalue weighted by Crippen LogP contribution is -2.34. The van der Waals surface area contributed by atoms with Gasteiger partial charge in [-0.25, -0.2) is 4.98 Å². The average Bonchev–Trinajstić information content (AvgIpc) is 2.85. The van der Waals surface area contributed by atoms with Crippen LogP contribution >= 0.6 is 11.6 Å². The van der Waals surface area contributed by atoms with Crippen molar-refractivity contribution in [2.24, 2.45) is 5.92 Å². The smallest absolute Gasteiger partial charge is 0.146 e. The molecule has 0 bridgehead atoms. The summed E-state index contributed by atoms with van der Waals surface area (Å²) in [6.45, 7) is 3.33. The number of ether oxygens (including phenoxy) is 1. The quantitative estimate of drug-likeness (QED) is 0.813. The van der Waals surface area contributed by atoms with E-state index in [1.807, 2.05) is 12.1 Å². The number of aromatic nitrogens is 2. The van der Waals surface area contributed by atoms with Crippen molar-refractivity contribution in [2.75, 3.05) is 27.2 Å². The summed E-state index contributed by atoms with van der Waals surface area (Å²) >= 11 is 6.11. The van der Waals surface area contributed by atoms with Gasteiger partial charge in [-0.2, -0.15) is 0 Å². The van der Waals surface area contributed by atoms with Crippen molar-refractivity contribution in [1.82, 2.24) is 14.5 Å². The molecule has 5 heteroatoms. The highest BCUT2D eigenvalue weighted by atomic mass is 35.5. The Labute approximate surface area is 130 Å². The minimum atomic E-state index is 0.431. The second kappa shape index (κ2) is 6.24. The number of imidazole rings is 1. The molecule has 114 valence electrons. The van der Waals surface area contributed by atoms with E-state index < -0.39 is 0 Å². The van der Waals surface area contributed by atoms with Crippen LogP contribution in [0.5, 0.6) is 5.75 Å². The van der Waals surface area contributed by atoms with Gasteiger partial charge in [-0.05, 0) is 44.5 Å². The molecule has 1 unspecified atom stereocenters. The zero-order valence-electron chi connectivity index (χ0n) is 12.7. The van der Waals surface area contributed by atoms with Crippen molar-refractivity contribution in [3.8, 4) is 5.75 Å². The summed E-state index contributed by atoms with van der Waals surface area (Å²) in [5.41, 5.74) is 2.04. The second-order valence-corrected chi connectivity index (χ2v) is 6.14. The van der Waals surface area contributed by atoms with Gasteiger partial charge in [-0.15, -0.1) is 11.6 Å². The monoisotopic (exact) mass is 307 g/mol. The second-order valence-electron chi connectivity index (χ2n) is 5.87.